The van der Waals surface area contributed by atoms with E-state index in [-0.39, 0.29) is 12.0 Å². The lowest BCUT2D eigenvalue weighted by molar-refractivity contribution is 0.0262. The van der Waals surface area contributed by atoms with Gasteiger partial charge in [0.2, 0.25) is 0 Å². The van der Waals surface area contributed by atoms with Gasteiger partial charge in [-0.15, -0.1) is 0 Å². The monoisotopic (exact) mass is 290 g/mol. The van der Waals surface area contributed by atoms with Crippen molar-refractivity contribution in [2.24, 2.45) is 0 Å². The first-order chi connectivity index (χ1) is 10.1. The number of hydrogen-bond acceptors (Lipinski definition) is 4. The Morgan fingerprint density at radius 2 is 1.76 bits per heavy atom. The summed E-state index contributed by atoms with van der Waals surface area (Å²) in [5, 5.41) is 24.1. The van der Waals surface area contributed by atoms with E-state index >= 15 is 0 Å². The number of benzene rings is 1. The highest BCUT2D eigenvalue weighted by Gasteiger charge is 2.43. The maximum Gasteiger partial charge on any atom is 0.0957 e. The van der Waals surface area contributed by atoms with Crippen molar-refractivity contribution in [2.45, 2.75) is 49.5 Å². The lowest BCUT2D eigenvalue weighted by atomic mass is 9.92. The molecule has 0 unspecified atom stereocenters. The summed E-state index contributed by atoms with van der Waals surface area (Å²) >= 11 is 0. The second-order valence-electron chi connectivity index (χ2n) is 6.58. The SMILES string of the molecule is CN1CCC(N[C@H]2[C@H](O)[C@H](O)C[C@@H]2c2ccccc2)CC1. The molecule has 0 amide bonds. The van der Waals surface area contributed by atoms with Crippen LogP contribution in [0.25, 0.3) is 0 Å². The lowest BCUT2D eigenvalue weighted by Crippen LogP contribution is -2.50. The molecule has 1 aromatic rings. The highest BCUT2D eigenvalue weighted by Crippen LogP contribution is 2.35. The Hall–Kier alpha value is -0.940. The van der Waals surface area contributed by atoms with Gasteiger partial charge >= 0.3 is 0 Å². The standard InChI is InChI=1S/C17H26N2O2/c1-19-9-7-13(8-10-19)18-16-14(11-15(20)17(16)21)12-5-3-2-4-6-12/h2-6,13-18,20-21H,7-11H2,1H3/t14-,15-,16-,17-/m1/s1. The maximum atomic E-state index is 10.3. The number of nitrogens with zero attached hydrogens (tertiary/aromatic N) is 1. The van der Waals surface area contributed by atoms with Crippen LogP contribution in [0.1, 0.15) is 30.7 Å². The first kappa shape index (κ1) is 15.0. The number of rotatable bonds is 3. The van der Waals surface area contributed by atoms with Crippen molar-refractivity contribution < 1.29 is 10.2 Å². The van der Waals surface area contributed by atoms with E-state index in [0.717, 1.165) is 25.9 Å². The third-order valence-electron chi connectivity index (χ3n) is 5.07. The molecule has 4 atom stereocenters. The second-order valence-corrected chi connectivity index (χ2v) is 6.58. The largest absolute Gasteiger partial charge is 0.390 e. The van der Waals surface area contributed by atoms with E-state index in [1.807, 2.05) is 18.2 Å². The first-order valence-corrected chi connectivity index (χ1v) is 8.01. The van der Waals surface area contributed by atoms with Crippen LogP contribution < -0.4 is 5.32 Å². The molecule has 2 fully saturated rings. The number of aliphatic hydroxyl groups excluding tert-OH is 2. The van der Waals surface area contributed by atoms with Gasteiger partial charge in [-0.25, -0.2) is 0 Å². The number of piperidine rings is 1. The molecular formula is C17H26N2O2. The molecule has 1 heterocycles. The normalized spacial score (nSPS) is 35.2. The molecule has 21 heavy (non-hydrogen) atoms. The van der Waals surface area contributed by atoms with Crippen molar-refractivity contribution in [3.8, 4) is 0 Å². The van der Waals surface area contributed by atoms with E-state index < -0.39 is 12.2 Å². The van der Waals surface area contributed by atoms with E-state index in [1.165, 1.54) is 5.56 Å². The minimum atomic E-state index is -0.671. The van der Waals surface area contributed by atoms with Gasteiger partial charge in [-0.05, 0) is 45.0 Å². The van der Waals surface area contributed by atoms with Gasteiger partial charge < -0.3 is 20.4 Å². The second kappa shape index (κ2) is 6.44. The minimum absolute atomic E-state index is 0.0455. The molecule has 0 spiro atoms. The zero-order valence-corrected chi connectivity index (χ0v) is 12.7. The van der Waals surface area contributed by atoms with Crippen LogP contribution in [-0.4, -0.2) is 59.5 Å². The van der Waals surface area contributed by atoms with Crippen molar-refractivity contribution in [3.63, 3.8) is 0 Å². The van der Waals surface area contributed by atoms with Gasteiger partial charge in [-0.2, -0.15) is 0 Å². The summed E-state index contributed by atoms with van der Waals surface area (Å²) in [4.78, 5) is 2.34. The Kier molecular flexibility index (Phi) is 4.60. The van der Waals surface area contributed by atoms with Crippen molar-refractivity contribution in [1.82, 2.24) is 10.2 Å². The summed E-state index contributed by atoms with van der Waals surface area (Å²) in [5.74, 6) is 0.191. The van der Waals surface area contributed by atoms with E-state index in [9.17, 15) is 10.2 Å². The van der Waals surface area contributed by atoms with Crippen molar-refractivity contribution in [1.29, 1.82) is 0 Å². The number of aliphatic hydroxyl groups is 2. The van der Waals surface area contributed by atoms with Crippen LogP contribution in [0.2, 0.25) is 0 Å². The summed E-state index contributed by atoms with van der Waals surface area (Å²) in [6, 6.07) is 10.6. The topological polar surface area (TPSA) is 55.7 Å². The fraction of sp³-hybridized carbons (Fsp3) is 0.647. The highest BCUT2D eigenvalue weighted by molar-refractivity contribution is 5.25. The number of likely N-dealkylation sites (tertiary alicyclic amines) is 1. The van der Waals surface area contributed by atoms with Gasteiger partial charge in [-0.1, -0.05) is 30.3 Å². The Bertz CT molecular complexity index is 445. The molecular weight excluding hydrogens is 264 g/mol. The van der Waals surface area contributed by atoms with Crippen molar-refractivity contribution >= 4 is 0 Å². The van der Waals surface area contributed by atoms with Crippen molar-refractivity contribution in [3.05, 3.63) is 35.9 Å². The van der Waals surface area contributed by atoms with Gasteiger partial charge in [-0.3, -0.25) is 0 Å². The van der Waals surface area contributed by atoms with Crippen LogP contribution in [0.15, 0.2) is 30.3 Å². The zero-order chi connectivity index (χ0) is 14.8. The van der Waals surface area contributed by atoms with Crippen LogP contribution in [0.4, 0.5) is 0 Å². The van der Waals surface area contributed by atoms with E-state index in [2.05, 4.69) is 29.4 Å². The van der Waals surface area contributed by atoms with Gasteiger partial charge in [0.05, 0.1) is 12.2 Å². The Morgan fingerprint density at radius 1 is 1.10 bits per heavy atom. The highest BCUT2D eigenvalue weighted by atomic mass is 16.3. The molecule has 4 nitrogen and oxygen atoms in total. The molecule has 1 saturated heterocycles. The molecule has 1 aliphatic carbocycles. The number of hydrogen-bond donors (Lipinski definition) is 3. The number of nitrogens with one attached hydrogen (secondary N) is 1. The molecule has 0 radical (unpaired) electrons. The Labute approximate surface area is 126 Å². The van der Waals surface area contributed by atoms with Crippen LogP contribution >= 0.6 is 0 Å². The Morgan fingerprint density at radius 3 is 2.43 bits per heavy atom. The summed E-state index contributed by atoms with van der Waals surface area (Å²) in [6.45, 7) is 2.19. The molecule has 1 aliphatic heterocycles. The van der Waals surface area contributed by atoms with E-state index in [4.69, 9.17) is 0 Å². The average molecular weight is 290 g/mol. The maximum absolute atomic E-state index is 10.3. The smallest absolute Gasteiger partial charge is 0.0957 e. The minimum Gasteiger partial charge on any atom is -0.390 e. The molecule has 0 aromatic heterocycles. The molecule has 1 saturated carbocycles. The predicted molar refractivity (Wildman–Crippen MR) is 83.3 cm³/mol. The van der Waals surface area contributed by atoms with E-state index in [1.54, 1.807) is 0 Å². The van der Waals surface area contributed by atoms with Crippen LogP contribution in [0.3, 0.4) is 0 Å². The van der Waals surface area contributed by atoms with Gasteiger partial charge in [0.1, 0.15) is 0 Å². The molecule has 1 aromatic carbocycles. The average Bonchev–Trinajstić information content (AvgIpc) is 2.79. The third-order valence-corrected chi connectivity index (χ3v) is 5.07. The predicted octanol–water partition coefficient (Wildman–Crippen LogP) is 0.948. The zero-order valence-electron chi connectivity index (χ0n) is 12.7. The van der Waals surface area contributed by atoms with E-state index in [0.29, 0.717) is 12.5 Å². The van der Waals surface area contributed by atoms with Gasteiger partial charge in [0, 0.05) is 18.0 Å². The quantitative estimate of drug-likeness (QED) is 0.776. The fourth-order valence-electron chi connectivity index (χ4n) is 3.73. The van der Waals surface area contributed by atoms with Gasteiger partial charge in [0.15, 0.2) is 0 Å². The van der Waals surface area contributed by atoms with Crippen LogP contribution in [-0.2, 0) is 0 Å². The van der Waals surface area contributed by atoms with Crippen molar-refractivity contribution in [2.75, 3.05) is 20.1 Å². The summed E-state index contributed by atoms with van der Waals surface area (Å²) in [5.41, 5.74) is 1.21. The molecule has 3 rings (SSSR count). The summed E-state index contributed by atoms with van der Waals surface area (Å²) in [7, 11) is 2.15. The molecule has 0 bridgehead atoms. The first-order valence-electron chi connectivity index (χ1n) is 8.01. The van der Waals surface area contributed by atoms with Gasteiger partial charge in [0.25, 0.3) is 0 Å². The lowest BCUT2D eigenvalue weighted by Gasteiger charge is -2.34. The summed E-state index contributed by atoms with van der Waals surface area (Å²) in [6.07, 6.45) is 1.55. The summed E-state index contributed by atoms with van der Waals surface area (Å²) < 4.78 is 0. The molecule has 116 valence electrons. The molecule has 4 heteroatoms. The third kappa shape index (κ3) is 3.29. The fourth-order valence-corrected chi connectivity index (χ4v) is 3.73. The Balaban J connectivity index is 1.71. The van der Waals surface area contributed by atoms with Crippen LogP contribution in [0.5, 0.6) is 0 Å². The van der Waals surface area contributed by atoms with Crippen LogP contribution in [0, 0.1) is 0 Å². The molecule has 3 N–H and O–H groups in total. The molecule has 2 aliphatic rings.